The smallest absolute Gasteiger partial charge is 0.0664 e. The molecule has 1 unspecified atom stereocenters. The first-order chi connectivity index (χ1) is 5.66. The SMILES string of the molecule is CCNCC(O)CCCC(C)C. The summed E-state index contributed by atoms with van der Waals surface area (Å²) in [4.78, 5) is 0. The number of aliphatic hydroxyl groups is 1. The standard InChI is InChI=1S/C10H23NO/c1-4-11-8-10(12)7-5-6-9(2)3/h9-12H,4-8H2,1-3H3. The molecule has 0 aliphatic carbocycles. The van der Waals surface area contributed by atoms with Gasteiger partial charge in [0.25, 0.3) is 0 Å². The maximum Gasteiger partial charge on any atom is 0.0664 e. The van der Waals surface area contributed by atoms with E-state index in [4.69, 9.17) is 0 Å². The van der Waals surface area contributed by atoms with Crippen LogP contribution in [-0.4, -0.2) is 24.3 Å². The molecule has 0 spiro atoms. The summed E-state index contributed by atoms with van der Waals surface area (Å²) in [6, 6.07) is 0. The Labute approximate surface area is 76.4 Å². The lowest BCUT2D eigenvalue weighted by Crippen LogP contribution is -2.26. The average Bonchev–Trinajstić information content (AvgIpc) is 2.00. The van der Waals surface area contributed by atoms with E-state index >= 15 is 0 Å². The van der Waals surface area contributed by atoms with Gasteiger partial charge in [0.1, 0.15) is 0 Å². The highest BCUT2D eigenvalue weighted by Crippen LogP contribution is 2.07. The molecule has 0 rings (SSSR count). The fraction of sp³-hybridized carbons (Fsp3) is 1.00. The molecule has 1 atom stereocenters. The summed E-state index contributed by atoms with van der Waals surface area (Å²) in [5, 5.41) is 12.6. The van der Waals surface area contributed by atoms with Gasteiger partial charge in [-0.1, -0.05) is 33.6 Å². The molecule has 12 heavy (non-hydrogen) atoms. The second-order valence-electron chi connectivity index (χ2n) is 3.79. The summed E-state index contributed by atoms with van der Waals surface area (Å²) in [5.74, 6) is 0.760. The number of nitrogens with one attached hydrogen (secondary N) is 1. The Morgan fingerprint density at radius 2 is 1.92 bits per heavy atom. The van der Waals surface area contributed by atoms with Crippen LogP contribution in [0, 0.1) is 5.92 Å². The van der Waals surface area contributed by atoms with Crippen molar-refractivity contribution in [2.75, 3.05) is 13.1 Å². The highest BCUT2D eigenvalue weighted by molar-refractivity contribution is 4.59. The van der Waals surface area contributed by atoms with Crippen LogP contribution in [0.2, 0.25) is 0 Å². The Morgan fingerprint density at radius 3 is 2.42 bits per heavy atom. The molecule has 0 aromatic heterocycles. The predicted molar refractivity (Wildman–Crippen MR) is 53.2 cm³/mol. The highest BCUT2D eigenvalue weighted by Gasteiger charge is 2.02. The molecule has 2 heteroatoms. The molecule has 0 aromatic rings. The van der Waals surface area contributed by atoms with E-state index in [9.17, 15) is 5.11 Å². The molecular weight excluding hydrogens is 150 g/mol. The Kier molecular flexibility index (Phi) is 7.51. The number of hydrogen-bond acceptors (Lipinski definition) is 2. The molecule has 0 aromatic carbocycles. The van der Waals surface area contributed by atoms with Gasteiger partial charge in [-0.15, -0.1) is 0 Å². The summed E-state index contributed by atoms with van der Waals surface area (Å²) in [5.41, 5.74) is 0. The molecule has 0 aliphatic rings. The quantitative estimate of drug-likeness (QED) is 0.615. The van der Waals surface area contributed by atoms with Crippen molar-refractivity contribution in [1.82, 2.24) is 5.32 Å². The molecule has 0 aliphatic heterocycles. The molecule has 0 saturated carbocycles. The molecule has 2 nitrogen and oxygen atoms in total. The number of aliphatic hydroxyl groups excluding tert-OH is 1. The van der Waals surface area contributed by atoms with Crippen LogP contribution in [0.5, 0.6) is 0 Å². The minimum absolute atomic E-state index is 0.149. The summed E-state index contributed by atoms with van der Waals surface area (Å²) >= 11 is 0. The van der Waals surface area contributed by atoms with E-state index in [0.717, 1.165) is 31.8 Å². The summed E-state index contributed by atoms with van der Waals surface area (Å²) in [6.07, 6.45) is 3.15. The first kappa shape index (κ1) is 11.9. The highest BCUT2D eigenvalue weighted by atomic mass is 16.3. The van der Waals surface area contributed by atoms with Crippen LogP contribution in [0.3, 0.4) is 0 Å². The number of likely N-dealkylation sites (N-methyl/N-ethyl adjacent to an activating group) is 1. The molecule has 0 heterocycles. The van der Waals surface area contributed by atoms with Crippen molar-refractivity contribution in [3.05, 3.63) is 0 Å². The summed E-state index contributed by atoms with van der Waals surface area (Å²) in [7, 11) is 0. The van der Waals surface area contributed by atoms with Crippen molar-refractivity contribution in [2.45, 2.75) is 46.1 Å². The summed E-state index contributed by atoms with van der Waals surface area (Å²) in [6.45, 7) is 8.18. The van der Waals surface area contributed by atoms with Crippen molar-refractivity contribution in [3.8, 4) is 0 Å². The van der Waals surface area contributed by atoms with Crippen LogP contribution in [0.25, 0.3) is 0 Å². The van der Waals surface area contributed by atoms with Crippen LogP contribution in [-0.2, 0) is 0 Å². The molecule has 0 bridgehead atoms. The maximum atomic E-state index is 9.43. The van der Waals surface area contributed by atoms with Crippen LogP contribution in [0.4, 0.5) is 0 Å². The second-order valence-corrected chi connectivity index (χ2v) is 3.79. The molecular formula is C10H23NO. The lowest BCUT2D eigenvalue weighted by molar-refractivity contribution is 0.157. The van der Waals surface area contributed by atoms with Gasteiger partial charge < -0.3 is 10.4 Å². The zero-order valence-corrected chi connectivity index (χ0v) is 8.64. The first-order valence-electron chi connectivity index (χ1n) is 5.05. The van der Waals surface area contributed by atoms with Crippen molar-refractivity contribution in [3.63, 3.8) is 0 Å². The normalized spacial score (nSPS) is 13.8. The third kappa shape index (κ3) is 8.02. The summed E-state index contributed by atoms with van der Waals surface area (Å²) < 4.78 is 0. The molecule has 2 N–H and O–H groups in total. The Hall–Kier alpha value is -0.0800. The van der Waals surface area contributed by atoms with Crippen LogP contribution < -0.4 is 5.32 Å². The molecule has 0 radical (unpaired) electrons. The third-order valence-electron chi connectivity index (χ3n) is 1.95. The van der Waals surface area contributed by atoms with E-state index in [0.29, 0.717) is 0 Å². The molecule has 74 valence electrons. The lowest BCUT2D eigenvalue weighted by atomic mass is 10.0. The minimum Gasteiger partial charge on any atom is -0.392 e. The Bertz CT molecular complexity index is 93.8. The van der Waals surface area contributed by atoms with E-state index in [2.05, 4.69) is 26.1 Å². The Balaban J connectivity index is 3.13. The average molecular weight is 173 g/mol. The van der Waals surface area contributed by atoms with E-state index in [1.54, 1.807) is 0 Å². The molecule has 0 amide bonds. The van der Waals surface area contributed by atoms with Gasteiger partial charge in [0.15, 0.2) is 0 Å². The zero-order chi connectivity index (χ0) is 9.40. The van der Waals surface area contributed by atoms with E-state index < -0.39 is 0 Å². The van der Waals surface area contributed by atoms with Crippen LogP contribution >= 0.6 is 0 Å². The number of hydrogen-bond donors (Lipinski definition) is 2. The van der Waals surface area contributed by atoms with Crippen LogP contribution in [0.1, 0.15) is 40.0 Å². The van der Waals surface area contributed by atoms with Crippen molar-refractivity contribution in [2.24, 2.45) is 5.92 Å². The molecule has 0 saturated heterocycles. The predicted octanol–water partition coefficient (Wildman–Crippen LogP) is 1.78. The fourth-order valence-corrected chi connectivity index (χ4v) is 1.17. The number of rotatable bonds is 7. The first-order valence-corrected chi connectivity index (χ1v) is 5.05. The van der Waals surface area contributed by atoms with Gasteiger partial charge in [-0.25, -0.2) is 0 Å². The van der Waals surface area contributed by atoms with E-state index in [-0.39, 0.29) is 6.10 Å². The van der Waals surface area contributed by atoms with Crippen LogP contribution in [0.15, 0.2) is 0 Å². The largest absolute Gasteiger partial charge is 0.392 e. The minimum atomic E-state index is -0.149. The van der Waals surface area contributed by atoms with Gasteiger partial charge in [0, 0.05) is 6.54 Å². The van der Waals surface area contributed by atoms with Crippen molar-refractivity contribution < 1.29 is 5.11 Å². The van der Waals surface area contributed by atoms with Crippen molar-refractivity contribution >= 4 is 0 Å². The van der Waals surface area contributed by atoms with E-state index in [1.165, 1.54) is 6.42 Å². The third-order valence-corrected chi connectivity index (χ3v) is 1.95. The van der Waals surface area contributed by atoms with Gasteiger partial charge in [-0.2, -0.15) is 0 Å². The topological polar surface area (TPSA) is 32.3 Å². The zero-order valence-electron chi connectivity index (χ0n) is 8.64. The lowest BCUT2D eigenvalue weighted by Gasteiger charge is -2.11. The molecule has 0 fully saturated rings. The Morgan fingerprint density at radius 1 is 1.25 bits per heavy atom. The second kappa shape index (κ2) is 7.56. The maximum absolute atomic E-state index is 9.43. The monoisotopic (exact) mass is 173 g/mol. The van der Waals surface area contributed by atoms with Gasteiger partial charge in [0.05, 0.1) is 6.10 Å². The van der Waals surface area contributed by atoms with Gasteiger partial charge in [0.2, 0.25) is 0 Å². The van der Waals surface area contributed by atoms with Gasteiger partial charge in [-0.3, -0.25) is 0 Å². The van der Waals surface area contributed by atoms with E-state index in [1.807, 2.05) is 0 Å². The van der Waals surface area contributed by atoms with Crippen molar-refractivity contribution in [1.29, 1.82) is 0 Å². The van der Waals surface area contributed by atoms with Gasteiger partial charge >= 0.3 is 0 Å². The van der Waals surface area contributed by atoms with Gasteiger partial charge in [-0.05, 0) is 18.9 Å². The fourth-order valence-electron chi connectivity index (χ4n) is 1.17.